The van der Waals surface area contributed by atoms with Crippen molar-refractivity contribution in [3.8, 4) is 40.5 Å². The maximum absolute atomic E-state index is 12.5. The first-order valence-electron chi connectivity index (χ1n) is 11.2. The third kappa shape index (κ3) is 5.27. The van der Waals surface area contributed by atoms with E-state index in [1.807, 2.05) is 30.3 Å². The van der Waals surface area contributed by atoms with Crippen molar-refractivity contribution in [3.63, 3.8) is 0 Å². The third-order valence-corrected chi connectivity index (χ3v) is 7.41. The Labute approximate surface area is 227 Å². The normalized spacial score (nSPS) is 10.4. The lowest BCUT2D eigenvalue weighted by Gasteiger charge is -2.17. The van der Waals surface area contributed by atoms with E-state index >= 15 is 0 Å². The number of rotatable bonds is 9. The van der Waals surface area contributed by atoms with E-state index in [4.69, 9.17) is 19.9 Å². The number of nitrogens with two attached hydrogens (primary N) is 1. The highest BCUT2D eigenvalue weighted by atomic mass is 32.2. The maximum atomic E-state index is 12.5. The van der Waals surface area contributed by atoms with Gasteiger partial charge in [-0.05, 0) is 29.8 Å². The van der Waals surface area contributed by atoms with Gasteiger partial charge in [0.25, 0.3) is 0 Å². The molecule has 1 amide bonds. The lowest BCUT2D eigenvalue weighted by atomic mass is 9.96. The van der Waals surface area contributed by atoms with Gasteiger partial charge in [-0.25, -0.2) is 9.97 Å². The van der Waals surface area contributed by atoms with Crippen LogP contribution in [-0.4, -0.2) is 43.0 Å². The largest absolute Gasteiger partial charge is 0.493 e. The maximum Gasteiger partial charge on any atom is 0.226 e. The summed E-state index contributed by atoms with van der Waals surface area (Å²) in [6.45, 7) is 0. The Morgan fingerprint density at radius 1 is 1.05 bits per heavy atom. The van der Waals surface area contributed by atoms with Gasteiger partial charge in [0, 0.05) is 17.7 Å². The molecule has 0 spiro atoms. The summed E-state index contributed by atoms with van der Waals surface area (Å²) in [5.41, 5.74) is 7.92. The number of nitrogens with one attached hydrogen (secondary N) is 1. The van der Waals surface area contributed by atoms with Gasteiger partial charge in [0.2, 0.25) is 11.7 Å². The topological polar surface area (TPSA) is 156 Å². The van der Waals surface area contributed by atoms with E-state index < -0.39 is 0 Å². The van der Waals surface area contributed by atoms with Crippen LogP contribution < -0.4 is 25.3 Å². The Morgan fingerprint density at radius 2 is 1.74 bits per heavy atom. The highest BCUT2D eigenvalue weighted by Crippen LogP contribution is 2.44. The smallest absolute Gasteiger partial charge is 0.226 e. The fraction of sp³-hybridized carbons (Fsp3) is 0.192. The van der Waals surface area contributed by atoms with Gasteiger partial charge in [-0.15, -0.1) is 11.8 Å². The Balaban J connectivity index is 1.61. The van der Waals surface area contributed by atoms with Crippen LogP contribution in [0, 0.1) is 22.7 Å². The zero-order valence-electron chi connectivity index (χ0n) is 20.7. The number of para-hydroxylation sites is 1. The molecule has 2 aromatic carbocycles. The van der Waals surface area contributed by atoms with Crippen LogP contribution in [-0.2, 0) is 4.79 Å². The molecule has 0 atom stereocenters. The number of nitrogen functional groups attached to an aromatic ring is 1. The number of hydrogen-bond acceptors (Lipinski definition) is 11. The number of benzene rings is 2. The van der Waals surface area contributed by atoms with Gasteiger partial charge in [0.15, 0.2) is 16.6 Å². The molecule has 3 N–H and O–H groups in total. The predicted octanol–water partition coefficient (Wildman–Crippen LogP) is 4.83. The predicted molar refractivity (Wildman–Crippen MR) is 147 cm³/mol. The molecular weight excluding hydrogens is 524 g/mol. The van der Waals surface area contributed by atoms with E-state index in [1.54, 1.807) is 12.1 Å². The summed E-state index contributed by atoms with van der Waals surface area (Å²) < 4.78 is 17.2. The highest BCUT2D eigenvalue weighted by molar-refractivity contribution is 7.99. The lowest BCUT2D eigenvalue weighted by Crippen LogP contribution is -2.12. The fourth-order valence-corrected chi connectivity index (χ4v) is 5.58. The van der Waals surface area contributed by atoms with Crippen LogP contribution in [0.15, 0.2) is 41.4 Å². The van der Waals surface area contributed by atoms with Crippen molar-refractivity contribution in [2.45, 2.75) is 11.4 Å². The molecule has 0 saturated carbocycles. The summed E-state index contributed by atoms with van der Waals surface area (Å²) in [7, 11) is 4.42. The summed E-state index contributed by atoms with van der Waals surface area (Å²) in [6.07, 6.45) is 0.145. The van der Waals surface area contributed by atoms with Gasteiger partial charge >= 0.3 is 0 Å². The van der Waals surface area contributed by atoms with Crippen molar-refractivity contribution in [1.82, 2.24) is 9.97 Å². The molecule has 12 heteroatoms. The molecule has 0 aliphatic rings. The summed E-state index contributed by atoms with van der Waals surface area (Å²) in [6, 6.07) is 15.1. The monoisotopic (exact) mass is 546 g/mol. The molecular formula is C26H22N6O4S2. The van der Waals surface area contributed by atoms with Gasteiger partial charge < -0.3 is 25.3 Å². The number of ether oxygens (including phenoxy) is 3. The first kappa shape index (κ1) is 26.5. The number of pyridine rings is 1. The molecule has 4 rings (SSSR count). The van der Waals surface area contributed by atoms with E-state index in [9.17, 15) is 15.3 Å². The van der Waals surface area contributed by atoms with E-state index in [0.29, 0.717) is 44.3 Å². The molecule has 0 aliphatic heterocycles. The zero-order chi connectivity index (χ0) is 27.2. The standard InChI is InChI=1S/C26H22N6O4S2/c1-34-18-10-14(11-19(35-2)23(18)36-3)22-15(12-27)24(29)32-25(16(22)13-28)37-9-8-21(33)31-26-30-17-6-4-5-7-20(17)38-26/h4-7,10-11H,8-9H2,1-3H3,(H2,29,32)(H,30,31,33). The van der Waals surface area contributed by atoms with Gasteiger partial charge in [-0.3, -0.25) is 4.79 Å². The number of fused-ring (bicyclic) bond motifs is 1. The molecule has 10 nitrogen and oxygen atoms in total. The van der Waals surface area contributed by atoms with E-state index in [2.05, 4.69) is 21.4 Å². The minimum absolute atomic E-state index is 0.0309. The SMILES string of the molecule is COc1cc(-c2c(C#N)c(N)nc(SCCC(=O)Nc3nc4ccccc4s3)c2C#N)cc(OC)c1OC. The Hall–Kier alpha value is -4.52. The number of methoxy groups -OCH3 is 3. The number of nitriles is 2. The number of thioether (sulfide) groups is 1. The molecule has 0 bridgehead atoms. The minimum Gasteiger partial charge on any atom is -0.493 e. The van der Waals surface area contributed by atoms with E-state index in [-0.39, 0.29) is 29.3 Å². The number of carbonyl (C=O) groups excluding carboxylic acids is 1. The Kier molecular flexibility index (Phi) is 8.16. The molecule has 2 heterocycles. The second-order valence-electron chi connectivity index (χ2n) is 7.70. The zero-order valence-corrected chi connectivity index (χ0v) is 22.3. The first-order chi connectivity index (χ1) is 18.4. The number of nitrogens with zero attached hydrogens (tertiary/aromatic N) is 4. The summed E-state index contributed by atoms with van der Waals surface area (Å²) in [4.78, 5) is 21.2. The average molecular weight is 547 g/mol. The van der Waals surface area contributed by atoms with Crippen molar-refractivity contribution in [1.29, 1.82) is 10.5 Å². The van der Waals surface area contributed by atoms with Crippen LogP contribution in [0.5, 0.6) is 17.2 Å². The second kappa shape index (κ2) is 11.7. The van der Waals surface area contributed by atoms with Crippen LogP contribution in [0.1, 0.15) is 17.5 Å². The van der Waals surface area contributed by atoms with Gasteiger partial charge in [-0.1, -0.05) is 23.5 Å². The Morgan fingerprint density at radius 3 is 2.34 bits per heavy atom. The third-order valence-electron chi connectivity index (χ3n) is 5.48. The van der Waals surface area contributed by atoms with Crippen molar-refractivity contribution in [2.24, 2.45) is 0 Å². The quantitative estimate of drug-likeness (QED) is 0.279. The van der Waals surface area contributed by atoms with Crippen LogP contribution >= 0.6 is 23.1 Å². The van der Waals surface area contributed by atoms with Gasteiger partial charge in [0.05, 0.1) is 37.1 Å². The molecule has 192 valence electrons. The van der Waals surface area contributed by atoms with Crippen LogP contribution in [0.25, 0.3) is 21.3 Å². The van der Waals surface area contributed by atoms with Crippen molar-refractivity contribution >= 4 is 50.2 Å². The van der Waals surface area contributed by atoms with Crippen LogP contribution in [0.4, 0.5) is 10.9 Å². The number of aromatic nitrogens is 2. The van der Waals surface area contributed by atoms with Crippen molar-refractivity contribution < 1.29 is 19.0 Å². The average Bonchev–Trinajstić information content (AvgIpc) is 3.33. The molecule has 0 fully saturated rings. The second-order valence-corrected chi connectivity index (χ2v) is 9.81. The highest BCUT2D eigenvalue weighted by Gasteiger charge is 2.24. The number of carbonyl (C=O) groups is 1. The summed E-state index contributed by atoms with van der Waals surface area (Å²) >= 11 is 2.59. The number of thiazole rings is 1. The van der Waals surface area contributed by atoms with E-state index in [1.165, 1.54) is 44.4 Å². The summed E-state index contributed by atoms with van der Waals surface area (Å²) in [5, 5.41) is 23.5. The minimum atomic E-state index is -0.221. The van der Waals surface area contributed by atoms with Gasteiger partial charge in [-0.2, -0.15) is 10.5 Å². The van der Waals surface area contributed by atoms with Crippen molar-refractivity contribution in [2.75, 3.05) is 38.1 Å². The molecule has 2 aromatic heterocycles. The lowest BCUT2D eigenvalue weighted by molar-refractivity contribution is -0.115. The molecule has 0 saturated heterocycles. The van der Waals surface area contributed by atoms with Crippen LogP contribution in [0.3, 0.4) is 0 Å². The Bertz CT molecular complexity index is 1550. The number of hydrogen-bond donors (Lipinski definition) is 2. The molecule has 38 heavy (non-hydrogen) atoms. The first-order valence-corrected chi connectivity index (χ1v) is 13.0. The summed E-state index contributed by atoms with van der Waals surface area (Å²) in [5.74, 6) is 1.14. The van der Waals surface area contributed by atoms with Crippen molar-refractivity contribution in [3.05, 3.63) is 47.5 Å². The molecule has 0 radical (unpaired) electrons. The molecule has 0 aliphatic carbocycles. The molecule has 0 unspecified atom stereocenters. The van der Waals surface area contributed by atoms with Crippen LogP contribution in [0.2, 0.25) is 0 Å². The number of amides is 1. The number of anilines is 2. The fourth-order valence-electron chi connectivity index (χ4n) is 3.76. The van der Waals surface area contributed by atoms with E-state index in [0.717, 1.165) is 10.2 Å². The van der Waals surface area contributed by atoms with Gasteiger partial charge in [0.1, 0.15) is 28.5 Å². The molecule has 4 aromatic rings.